The molecule has 1 atom stereocenters. The van der Waals surface area contributed by atoms with Gasteiger partial charge in [-0.2, -0.15) is 0 Å². The highest BCUT2D eigenvalue weighted by molar-refractivity contribution is 6.30. The van der Waals surface area contributed by atoms with Crippen LogP contribution in [0.15, 0.2) is 48.5 Å². The van der Waals surface area contributed by atoms with Crippen molar-refractivity contribution in [3.05, 3.63) is 64.7 Å². The molecule has 4 nitrogen and oxygen atoms in total. The summed E-state index contributed by atoms with van der Waals surface area (Å²) in [5, 5.41) is 14.1. The van der Waals surface area contributed by atoms with Crippen LogP contribution in [-0.2, 0) is 11.2 Å². The smallest absolute Gasteiger partial charge is 0.119 e. The lowest BCUT2D eigenvalue weighted by atomic mass is 10.1. The van der Waals surface area contributed by atoms with Crippen molar-refractivity contribution < 1.29 is 14.6 Å². The van der Waals surface area contributed by atoms with Gasteiger partial charge >= 0.3 is 0 Å². The van der Waals surface area contributed by atoms with Gasteiger partial charge < -0.3 is 19.9 Å². The zero-order valence-electron chi connectivity index (χ0n) is 14.6. The highest BCUT2D eigenvalue weighted by atomic mass is 35.5. The normalized spacial score (nSPS) is 12.1. The van der Waals surface area contributed by atoms with E-state index in [1.807, 2.05) is 31.2 Å². The predicted molar refractivity (Wildman–Crippen MR) is 101 cm³/mol. The van der Waals surface area contributed by atoms with Crippen molar-refractivity contribution in [3.8, 4) is 5.75 Å². The first-order chi connectivity index (χ1) is 12.2. The molecule has 0 saturated carbocycles. The van der Waals surface area contributed by atoms with E-state index in [1.54, 1.807) is 12.1 Å². The lowest BCUT2D eigenvalue weighted by Gasteiger charge is -2.13. The third-order valence-corrected chi connectivity index (χ3v) is 4.02. The van der Waals surface area contributed by atoms with Crippen LogP contribution in [0, 0.1) is 0 Å². The Bertz CT molecular complexity index is 619. The van der Waals surface area contributed by atoms with E-state index in [0.717, 1.165) is 24.3 Å². The molecule has 0 unspecified atom stereocenters. The maximum absolute atomic E-state index is 10.2. The molecule has 5 heteroatoms. The topological polar surface area (TPSA) is 50.7 Å². The Morgan fingerprint density at radius 3 is 2.64 bits per heavy atom. The van der Waals surface area contributed by atoms with E-state index in [2.05, 4.69) is 17.4 Å². The molecule has 2 aromatic rings. The first-order valence-corrected chi connectivity index (χ1v) is 9.00. The van der Waals surface area contributed by atoms with Crippen LogP contribution in [0.4, 0.5) is 0 Å². The number of hydrogen-bond donors (Lipinski definition) is 2. The minimum atomic E-state index is -0.556. The Morgan fingerprint density at radius 1 is 1.12 bits per heavy atom. The van der Waals surface area contributed by atoms with Crippen LogP contribution < -0.4 is 10.1 Å². The van der Waals surface area contributed by atoms with Crippen LogP contribution in [0.2, 0.25) is 5.02 Å². The van der Waals surface area contributed by atoms with Gasteiger partial charge in [0.15, 0.2) is 0 Å². The first-order valence-electron chi connectivity index (χ1n) is 8.62. The van der Waals surface area contributed by atoms with Crippen molar-refractivity contribution in [3.63, 3.8) is 0 Å². The average molecular weight is 364 g/mol. The molecular weight excluding hydrogens is 338 g/mol. The fraction of sp³-hybridized carbons (Fsp3) is 0.400. The summed E-state index contributed by atoms with van der Waals surface area (Å²) in [5.74, 6) is 0.854. The van der Waals surface area contributed by atoms with Gasteiger partial charge in [-0.05, 0) is 55.3 Å². The Morgan fingerprint density at radius 2 is 1.92 bits per heavy atom. The predicted octanol–water partition coefficient (Wildman–Crippen LogP) is 3.62. The minimum Gasteiger partial charge on any atom is -0.491 e. The summed E-state index contributed by atoms with van der Waals surface area (Å²) >= 11 is 5.94. The average Bonchev–Trinajstić information content (AvgIpc) is 2.63. The number of aliphatic hydroxyl groups is 1. The van der Waals surface area contributed by atoms with Gasteiger partial charge in [-0.1, -0.05) is 35.9 Å². The summed E-state index contributed by atoms with van der Waals surface area (Å²) in [7, 11) is 0. The van der Waals surface area contributed by atoms with Crippen LogP contribution in [0.3, 0.4) is 0 Å². The molecule has 2 rings (SSSR count). The van der Waals surface area contributed by atoms with Gasteiger partial charge in [-0.25, -0.2) is 0 Å². The Kier molecular flexibility index (Phi) is 8.77. The molecule has 0 bridgehead atoms. The Labute approximate surface area is 154 Å². The molecule has 2 N–H and O–H groups in total. The molecule has 0 saturated heterocycles. The molecule has 136 valence electrons. The van der Waals surface area contributed by atoms with Crippen LogP contribution in [0.1, 0.15) is 24.2 Å². The maximum Gasteiger partial charge on any atom is 0.119 e. The van der Waals surface area contributed by atoms with E-state index < -0.39 is 6.10 Å². The molecule has 2 aromatic carbocycles. The number of rotatable bonds is 11. The molecule has 0 amide bonds. The van der Waals surface area contributed by atoms with Gasteiger partial charge in [-0.15, -0.1) is 0 Å². The van der Waals surface area contributed by atoms with Gasteiger partial charge in [0.05, 0.1) is 12.7 Å². The number of nitrogens with one attached hydrogen (secondary N) is 1. The molecule has 25 heavy (non-hydrogen) atoms. The summed E-state index contributed by atoms with van der Waals surface area (Å²) in [6, 6.07) is 15.4. The van der Waals surface area contributed by atoms with Crippen molar-refractivity contribution in [1.29, 1.82) is 0 Å². The van der Waals surface area contributed by atoms with E-state index in [1.165, 1.54) is 5.56 Å². The van der Waals surface area contributed by atoms with E-state index in [0.29, 0.717) is 31.4 Å². The third-order valence-electron chi connectivity index (χ3n) is 3.79. The van der Waals surface area contributed by atoms with Crippen LogP contribution in [0.5, 0.6) is 5.75 Å². The fourth-order valence-electron chi connectivity index (χ4n) is 2.42. The number of hydrogen-bond acceptors (Lipinski definition) is 4. The van der Waals surface area contributed by atoms with Gasteiger partial charge in [0.1, 0.15) is 12.4 Å². The van der Waals surface area contributed by atoms with Gasteiger partial charge in [-0.3, -0.25) is 0 Å². The zero-order chi connectivity index (χ0) is 17.9. The lowest BCUT2D eigenvalue weighted by molar-refractivity contribution is 0.110. The maximum atomic E-state index is 10.2. The number of ether oxygens (including phenoxy) is 2. The molecule has 0 aliphatic carbocycles. The molecule has 0 radical (unpaired) electrons. The van der Waals surface area contributed by atoms with Crippen LogP contribution in [-0.4, -0.2) is 38.0 Å². The van der Waals surface area contributed by atoms with Gasteiger partial charge in [0.2, 0.25) is 0 Å². The Balaban J connectivity index is 1.66. The lowest BCUT2D eigenvalue weighted by Crippen LogP contribution is -2.23. The minimum absolute atomic E-state index is 0.499. The van der Waals surface area contributed by atoms with Crippen molar-refractivity contribution in [2.45, 2.75) is 19.4 Å². The SMILES string of the molecule is CCOCCOc1ccc(CCNC[C@H](O)c2cccc(Cl)c2)cc1. The van der Waals surface area contributed by atoms with Gasteiger partial charge in [0, 0.05) is 18.2 Å². The highest BCUT2D eigenvalue weighted by Gasteiger charge is 2.07. The van der Waals surface area contributed by atoms with Crippen molar-refractivity contribution in [1.82, 2.24) is 5.32 Å². The first kappa shape index (κ1) is 19.7. The number of benzene rings is 2. The van der Waals surface area contributed by atoms with E-state index in [9.17, 15) is 5.11 Å². The summed E-state index contributed by atoms with van der Waals surface area (Å²) in [6.07, 6.45) is 0.335. The fourth-order valence-corrected chi connectivity index (χ4v) is 2.62. The standard InChI is InChI=1S/C20H26ClNO3/c1-2-24-12-13-25-19-8-6-16(7-9-19)10-11-22-15-20(23)17-4-3-5-18(21)14-17/h3-9,14,20,22-23H,2,10-13,15H2,1H3/t20-/m0/s1. The summed E-state index contributed by atoms with van der Waals surface area (Å²) < 4.78 is 10.8. The van der Waals surface area contributed by atoms with E-state index in [-0.39, 0.29) is 0 Å². The summed E-state index contributed by atoms with van der Waals surface area (Å²) in [5.41, 5.74) is 2.05. The second kappa shape index (κ2) is 11.1. The van der Waals surface area contributed by atoms with Crippen molar-refractivity contribution in [2.24, 2.45) is 0 Å². The molecule has 0 aromatic heterocycles. The summed E-state index contributed by atoms with van der Waals surface area (Å²) in [6.45, 7) is 5.15. The molecule has 0 aliphatic heterocycles. The molecule has 0 spiro atoms. The zero-order valence-corrected chi connectivity index (χ0v) is 15.3. The van der Waals surface area contributed by atoms with Gasteiger partial charge in [0.25, 0.3) is 0 Å². The molecule has 0 aliphatic rings. The van der Waals surface area contributed by atoms with E-state index in [4.69, 9.17) is 21.1 Å². The molecule has 0 heterocycles. The second-order valence-electron chi connectivity index (χ2n) is 5.71. The summed E-state index contributed by atoms with van der Waals surface area (Å²) in [4.78, 5) is 0. The second-order valence-corrected chi connectivity index (χ2v) is 6.15. The largest absolute Gasteiger partial charge is 0.491 e. The quantitative estimate of drug-likeness (QED) is 0.599. The van der Waals surface area contributed by atoms with Crippen LogP contribution >= 0.6 is 11.6 Å². The number of halogens is 1. The molecule has 0 fully saturated rings. The monoisotopic (exact) mass is 363 g/mol. The third kappa shape index (κ3) is 7.45. The molecular formula is C20H26ClNO3. The van der Waals surface area contributed by atoms with E-state index >= 15 is 0 Å². The Hall–Kier alpha value is -1.59. The number of aliphatic hydroxyl groups excluding tert-OH is 1. The van der Waals surface area contributed by atoms with Crippen LogP contribution in [0.25, 0.3) is 0 Å². The van der Waals surface area contributed by atoms with Crippen molar-refractivity contribution >= 4 is 11.6 Å². The highest BCUT2D eigenvalue weighted by Crippen LogP contribution is 2.17. The van der Waals surface area contributed by atoms with Crippen molar-refractivity contribution in [2.75, 3.05) is 32.9 Å².